The maximum atomic E-state index is 14.4. The van der Waals surface area contributed by atoms with Crippen molar-refractivity contribution < 1.29 is 14.4 Å². The Morgan fingerprint density at radius 3 is 2.00 bits per heavy atom. The van der Waals surface area contributed by atoms with Gasteiger partial charge < -0.3 is 15.1 Å². The highest BCUT2D eigenvalue weighted by molar-refractivity contribution is 5.98. The molecule has 0 spiro atoms. The number of hydrazine groups is 1. The van der Waals surface area contributed by atoms with Gasteiger partial charge in [0.25, 0.3) is 11.8 Å². The van der Waals surface area contributed by atoms with Crippen LogP contribution in [-0.2, 0) is 29.0 Å². The van der Waals surface area contributed by atoms with Crippen molar-refractivity contribution in [3.05, 3.63) is 119 Å². The van der Waals surface area contributed by atoms with Crippen molar-refractivity contribution >= 4 is 28.5 Å². The fraction of sp³-hybridized carbons (Fsp3) is 0.286. The first kappa shape index (κ1) is 31.4. The second-order valence-electron chi connectivity index (χ2n) is 11.1. The van der Waals surface area contributed by atoms with Crippen LogP contribution >= 0.6 is 0 Å². The number of likely N-dealkylation sites (N-methyl/N-ethyl adjacent to an activating group) is 2. The highest BCUT2D eigenvalue weighted by Gasteiger charge is 2.35. The van der Waals surface area contributed by atoms with Crippen LogP contribution in [0.5, 0.6) is 0 Å². The van der Waals surface area contributed by atoms with E-state index in [1.165, 1.54) is 9.80 Å². The largest absolute Gasteiger partial charge is 0.332 e. The lowest BCUT2D eigenvalue weighted by atomic mass is 9.98. The predicted molar refractivity (Wildman–Crippen MR) is 171 cm³/mol. The standard InChI is InChI=1S/C35H41N5O3/c1-36-24-27-14-11-17-30(21-27)34(42)40(5)32(23-26-18-19-28-15-9-10-16-29(28)20-26)35(43)39(4)31(33(41)37-38(2)3)22-25-12-7-6-8-13-25/h6-21,31-32,36H,22-24H2,1-5H3,(H,37,41). The highest BCUT2D eigenvalue weighted by atomic mass is 16.2. The van der Waals surface area contributed by atoms with Crippen LogP contribution in [0.1, 0.15) is 27.0 Å². The molecule has 2 unspecified atom stereocenters. The third-order valence-electron chi connectivity index (χ3n) is 7.59. The van der Waals surface area contributed by atoms with Crippen molar-refractivity contribution in [1.29, 1.82) is 0 Å². The number of carbonyl (C=O) groups is 3. The van der Waals surface area contributed by atoms with Gasteiger partial charge in [-0.05, 0) is 46.6 Å². The number of rotatable bonds is 12. The lowest BCUT2D eigenvalue weighted by Gasteiger charge is -2.35. The Labute approximate surface area is 254 Å². The fourth-order valence-electron chi connectivity index (χ4n) is 5.27. The predicted octanol–water partition coefficient (Wildman–Crippen LogP) is 3.91. The van der Waals surface area contributed by atoms with Gasteiger partial charge in [0.1, 0.15) is 12.1 Å². The van der Waals surface area contributed by atoms with Crippen molar-refractivity contribution in [3.63, 3.8) is 0 Å². The highest BCUT2D eigenvalue weighted by Crippen LogP contribution is 2.21. The molecule has 0 bridgehead atoms. The van der Waals surface area contributed by atoms with E-state index in [1.54, 1.807) is 39.3 Å². The molecule has 0 aliphatic carbocycles. The summed E-state index contributed by atoms with van der Waals surface area (Å²) in [6.45, 7) is 0.620. The van der Waals surface area contributed by atoms with Crippen LogP contribution in [0.25, 0.3) is 10.8 Å². The normalized spacial score (nSPS) is 12.5. The van der Waals surface area contributed by atoms with Gasteiger partial charge in [-0.15, -0.1) is 0 Å². The van der Waals surface area contributed by atoms with E-state index in [-0.39, 0.29) is 17.7 Å². The summed E-state index contributed by atoms with van der Waals surface area (Å²) >= 11 is 0. The SMILES string of the molecule is CNCc1cccc(C(=O)N(C)C(Cc2ccc3ccccc3c2)C(=O)N(C)C(Cc2ccccc2)C(=O)NN(C)C)c1. The zero-order valence-corrected chi connectivity index (χ0v) is 25.6. The first-order valence-corrected chi connectivity index (χ1v) is 14.4. The first-order valence-electron chi connectivity index (χ1n) is 14.4. The van der Waals surface area contributed by atoms with Crippen LogP contribution in [0.3, 0.4) is 0 Å². The van der Waals surface area contributed by atoms with Gasteiger partial charge >= 0.3 is 0 Å². The maximum Gasteiger partial charge on any atom is 0.257 e. The van der Waals surface area contributed by atoms with E-state index in [9.17, 15) is 14.4 Å². The molecular weight excluding hydrogens is 538 g/mol. The minimum Gasteiger partial charge on any atom is -0.332 e. The molecule has 8 heteroatoms. The number of nitrogens with zero attached hydrogens (tertiary/aromatic N) is 3. The van der Waals surface area contributed by atoms with Crippen molar-refractivity contribution in [2.24, 2.45) is 0 Å². The third-order valence-corrected chi connectivity index (χ3v) is 7.59. The van der Waals surface area contributed by atoms with Crippen molar-refractivity contribution in [1.82, 2.24) is 25.6 Å². The summed E-state index contributed by atoms with van der Waals surface area (Å²) in [6.07, 6.45) is 0.620. The third kappa shape index (κ3) is 8.06. The molecule has 0 aliphatic rings. The molecule has 224 valence electrons. The van der Waals surface area contributed by atoms with Crippen molar-refractivity contribution in [2.75, 3.05) is 35.2 Å². The molecule has 0 radical (unpaired) electrons. The van der Waals surface area contributed by atoms with Crippen LogP contribution < -0.4 is 10.7 Å². The Hall–Kier alpha value is -4.53. The van der Waals surface area contributed by atoms with Gasteiger partial charge in [-0.1, -0.05) is 84.9 Å². The van der Waals surface area contributed by atoms with Gasteiger partial charge in [0.2, 0.25) is 5.91 Å². The molecule has 0 heterocycles. The minimum absolute atomic E-state index is 0.261. The minimum atomic E-state index is -0.850. The Balaban J connectivity index is 1.70. The van der Waals surface area contributed by atoms with Gasteiger partial charge in [0, 0.05) is 53.1 Å². The smallest absolute Gasteiger partial charge is 0.257 e. The Morgan fingerprint density at radius 1 is 0.651 bits per heavy atom. The van der Waals surface area contributed by atoms with Crippen LogP contribution in [0, 0.1) is 0 Å². The summed E-state index contributed by atoms with van der Waals surface area (Å²) in [4.78, 5) is 44.7. The number of hydrogen-bond donors (Lipinski definition) is 2. The molecule has 3 amide bonds. The maximum absolute atomic E-state index is 14.4. The van der Waals surface area contributed by atoms with E-state index in [4.69, 9.17) is 0 Å². The summed E-state index contributed by atoms with van der Waals surface area (Å²) in [5.41, 5.74) is 6.14. The molecule has 0 aromatic heterocycles. The van der Waals surface area contributed by atoms with Gasteiger partial charge in [-0.25, -0.2) is 5.01 Å². The van der Waals surface area contributed by atoms with Crippen LogP contribution in [0.15, 0.2) is 97.1 Å². The second kappa shape index (κ2) is 14.6. The number of fused-ring (bicyclic) bond motifs is 1. The quantitative estimate of drug-likeness (QED) is 0.249. The number of amides is 3. The van der Waals surface area contributed by atoms with E-state index >= 15 is 0 Å². The van der Waals surface area contributed by atoms with Gasteiger partial charge in [-0.2, -0.15) is 0 Å². The average molecular weight is 580 g/mol. The molecule has 4 aromatic rings. The lowest BCUT2D eigenvalue weighted by molar-refractivity contribution is -0.143. The number of hydrogen-bond acceptors (Lipinski definition) is 5. The molecule has 0 aliphatic heterocycles. The average Bonchev–Trinajstić information content (AvgIpc) is 3.01. The molecular formula is C35H41N5O3. The number of nitrogens with one attached hydrogen (secondary N) is 2. The summed E-state index contributed by atoms with van der Waals surface area (Å²) in [5.74, 6) is -0.879. The van der Waals surface area contributed by atoms with Gasteiger partial charge in [-0.3, -0.25) is 19.8 Å². The summed E-state index contributed by atoms with van der Waals surface area (Å²) in [6, 6.07) is 29.5. The van der Waals surface area contributed by atoms with E-state index in [1.807, 2.05) is 92.0 Å². The Morgan fingerprint density at radius 2 is 1.30 bits per heavy atom. The topological polar surface area (TPSA) is 85.0 Å². The molecule has 8 nitrogen and oxygen atoms in total. The van der Waals surface area contributed by atoms with E-state index in [2.05, 4.69) is 16.8 Å². The molecule has 0 saturated heterocycles. The monoisotopic (exact) mass is 579 g/mol. The Kier molecular flexibility index (Phi) is 10.6. The molecule has 4 rings (SSSR count). The zero-order valence-electron chi connectivity index (χ0n) is 25.6. The summed E-state index contributed by atoms with van der Waals surface area (Å²) in [5, 5.41) is 6.83. The number of benzene rings is 4. The number of carbonyl (C=O) groups excluding carboxylic acids is 3. The van der Waals surface area contributed by atoms with Gasteiger partial charge in [0.15, 0.2) is 0 Å². The summed E-state index contributed by atoms with van der Waals surface area (Å²) < 4.78 is 0. The van der Waals surface area contributed by atoms with Crippen LogP contribution in [0.2, 0.25) is 0 Å². The lowest BCUT2D eigenvalue weighted by Crippen LogP contribution is -2.57. The van der Waals surface area contributed by atoms with E-state index in [0.717, 1.165) is 27.5 Å². The first-order chi connectivity index (χ1) is 20.7. The van der Waals surface area contributed by atoms with Crippen LogP contribution in [-0.4, -0.2) is 79.9 Å². The zero-order chi connectivity index (χ0) is 30.9. The van der Waals surface area contributed by atoms with E-state index in [0.29, 0.717) is 24.9 Å². The van der Waals surface area contributed by atoms with Gasteiger partial charge in [0.05, 0.1) is 0 Å². The molecule has 2 atom stereocenters. The molecule has 4 aromatic carbocycles. The van der Waals surface area contributed by atoms with Crippen molar-refractivity contribution in [3.8, 4) is 0 Å². The Bertz CT molecular complexity index is 1560. The second-order valence-corrected chi connectivity index (χ2v) is 11.1. The fourth-order valence-corrected chi connectivity index (χ4v) is 5.27. The molecule has 0 fully saturated rings. The van der Waals surface area contributed by atoms with Crippen LogP contribution in [0.4, 0.5) is 0 Å². The van der Waals surface area contributed by atoms with Crippen molar-refractivity contribution in [2.45, 2.75) is 31.5 Å². The molecule has 43 heavy (non-hydrogen) atoms. The van der Waals surface area contributed by atoms with E-state index < -0.39 is 12.1 Å². The summed E-state index contributed by atoms with van der Waals surface area (Å²) in [7, 11) is 8.63. The molecule has 2 N–H and O–H groups in total. The molecule has 0 saturated carbocycles.